The van der Waals surface area contributed by atoms with Crippen molar-refractivity contribution in [2.24, 2.45) is 11.8 Å². The first-order valence-corrected chi connectivity index (χ1v) is 14.5. The van der Waals surface area contributed by atoms with Crippen molar-refractivity contribution in [3.8, 4) is 0 Å². The number of fused-ring (bicyclic) bond motifs is 2. The number of nitrogens with two attached hydrogens (primary N) is 1. The molecule has 186 valence electrons. The second-order valence-corrected chi connectivity index (χ2v) is 12.6. The molecule has 3 aliphatic rings. The maximum absolute atomic E-state index is 12.0. The normalized spacial score (nSPS) is 22.2. The van der Waals surface area contributed by atoms with Crippen LogP contribution in [0.5, 0.6) is 0 Å². The van der Waals surface area contributed by atoms with Gasteiger partial charge in [0.15, 0.2) is 5.82 Å². The first kappa shape index (κ1) is 22.7. The number of nitrogens with zero attached hydrogens (tertiary/aromatic N) is 6. The number of anilines is 1. The van der Waals surface area contributed by atoms with E-state index in [1.165, 1.54) is 43.0 Å². The molecule has 2 N–H and O–H groups in total. The smallest absolute Gasteiger partial charge is 0.211 e. The Kier molecular flexibility index (Phi) is 5.48. The Balaban J connectivity index is 1.37. The molecule has 4 heterocycles. The van der Waals surface area contributed by atoms with Gasteiger partial charge in [-0.3, -0.25) is 4.68 Å². The molecule has 0 spiro atoms. The van der Waals surface area contributed by atoms with E-state index in [0.29, 0.717) is 24.8 Å². The Labute approximate surface area is 206 Å². The molecule has 1 aliphatic heterocycles. The molecule has 1 saturated carbocycles. The topological polar surface area (TPSA) is 111 Å². The molecule has 2 aliphatic carbocycles. The zero-order valence-electron chi connectivity index (χ0n) is 20.4. The fraction of sp³-hybridized carbons (Fsp3) is 0.560. The van der Waals surface area contributed by atoms with Crippen LogP contribution in [0.2, 0.25) is 0 Å². The number of allylic oxidation sites excluding steroid dienone is 1. The van der Waals surface area contributed by atoms with E-state index in [0.717, 1.165) is 54.2 Å². The Hall–Kier alpha value is -2.72. The number of hydrogen-bond acceptors (Lipinski definition) is 6. The van der Waals surface area contributed by atoms with Crippen LogP contribution in [-0.2, 0) is 23.0 Å². The van der Waals surface area contributed by atoms with Gasteiger partial charge >= 0.3 is 0 Å². The molecule has 0 aromatic carbocycles. The second-order valence-electron chi connectivity index (χ2n) is 10.6. The van der Waals surface area contributed by atoms with Gasteiger partial charge in [-0.05, 0) is 67.2 Å². The summed E-state index contributed by atoms with van der Waals surface area (Å²) >= 11 is 0. The van der Waals surface area contributed by atoms with Gasteiger partial charge in [-0.25, -0.2) is 22.2 Å². The standard InChI is InChI=1S/C25H33N7O2S/c1-16-10-19-14-30(13-17-4-3-5-17)29-22(19)11-20(16)21-12-23(32-24(21)25(26)27-15-28-32)18-6-8-31(9-7-18)35(2,33)34/h11-12,14-18H,3-10,13H2,1-2H3,(H2,26,27,28). The highest BCUT2D eigenvalue weighted by Gasteiger charge is 2.31. The molecule has 1 atom stereocenters. The molecule has 6 rings (SSSR count). The zero-order chi connectivity index (χ0) is 24.3. The van der Waals surface area contributed by atoms with Crippen molar-refractivity contribution in [2.75, 3.05) is 25.1 Å². The third kappa shape index (κ3) is 4.06. The third-order valence-electron chi connectivity index (χ3n) is 8.15. The van der Waals surface area contributed by atoms with Gasteiger partial charge in [-0.2, -0.15) is 10.2 Å². The predicted molar refractivity (Wildman–Crippen MR) is 136 cm³/mol. The predicted octanol–water partition coefficient (Wildman–Crippen LogP) is 3.18. The minimum atomic E-state index is -3.17. The summed E-state index contributed by atoms with van der Waals surface area (Å²) in [5, 5.41) is 9.49. The number of sulfonamides is 1. The van der Waals surface area contributed by atoms with Crippen molar-refractivity contribution < 1.29 is 8.42 Å². The summed E-state index contributed by atoms with van der Waals surface area (Å²) in [4.78, 5) is 4.30. The molecular formula is C25H33N7O2S. The Morgan fingerprint density at radius 1 is 1.17 bits per heavy atom. The maximum Gasteiger partial charge on any atom is 0.211 e. The highest BCUT2D eigenvalue weighted by molar-refractivity contribution is 7.88. The van der Waals surface area contributed by atoms with E-state index in [1.807, 2.05) is 4.52 Å². The van der Waals surface area contributed by atoms with E-state index < -0.39 is 10.0 Å². The molecule has 3 aromatic rings. The molecule has 10 heteroatoms. The number of piperidine rings is 1. The first-order chi connectivity index (χ1) is 16.8. The Bertz CT molecular complexity index is 1410. The van der Waals surface area contributed by atoms with Crippen LogP contribution >= 0.6 is 0 Å². The van der Waals surface area contributed by atoms with Gasteiger partial charge in [-0.15, -0.1) is 0 Å². The summed E-state index contributed by atoms with van der Waals surface area (Å²) in [6, 6.07) is 2.21. The lowest BCUT2D eigenvalue weighted by atomic mass is 9.84. The average Bonchev–Trinajstić information content (AvgIpc) is 3.37. The van der Waals surface area contributed by atoms with Crippen molar-refractivity contribution in [3.63, 3.8) is 0 Å². The fourth-order valence-electron chi connectivity index (χ4n) is 5.95. The van der Waals surface area contributed by atoms with Gasteiger partial charge in [0, 0.05) is 43.0 Å². The molecular weight excluding hydrogens is 462 g/mol. The van der Waals surface area contributed by atoms with Gasteiger partial charge in [0.2, 0.25) is 10.0 Å². The SMILES string of the molecule is CC1Cc2cn(CC3CCC3)nc2C=C1c1cc(C2CCN(S(C)(=O)=O)CC2)n2ncnc(N)c12. The Morgan fingerprint density at radius 3 is 2.63 bits per heavy atom. The van der Waals surface area contributed by atoms with Crippen LogP contribution in [-0.4, -0.2) is 56.4 Å². The lowest BCUT2D eigenvalue weighted by molar-refractivity contribution is 0.266. The third-order valence-corrected chi connectivity index (χ3v) is 9.45. The summed E-state index contributed by atoms with van der Waals surface area (Å²) < 4.78 is 29.6. The van der Waals surface area contributed by atoms with Crippen LogP contribution in [0.4, 0.5) is 5.82 Å². The van der Waals surface area contributed by atoms with E-state index in [9.17, 15) is 8.42 Å². The molecule has 1 saturated heterocycles. The highest BCUT2D eigenvalue weighted by Crippen LogP contribution is 2.41. The van der Waals surface area contributed by atoms with Crippen LogP contribution in [0.15, 0.2) is 18.6 Å². The van der Waals surface area contributed by atoms with Crippen molar-refractivity contribution in [1.82, 2.24) is 28.7 Å². The van der Waals surface area contributed by atoms with Crippen LogP contribution < -0.4 is 5.73 Å². The average molecular weight is 496 g/mol. The quantitative estimate of drug-likeness (QED) is 0.582. The number of aromatic nitrogens is 5. The van der Waals surface area contributed by atoms with Gasteiger partial charge in [0.05, 0.1) is 11.9 Å². The lowest BCUT2D eigenvalue weighted by Gasteiger charge is -2.29. The van der Waals surface area contributed by atoms with Crippen LogP contribution in [0, 0.1) is 11.8 Å². The molecule has 35 heavy (non-hydrogen) atoms. The van der Waals surface area contributed by atoms with E-state index in [2.05, 4.69) is 40.0 Å². The summed E-state index contributed by atoms with van der Waals surface area (Å²) in [6.07, 6.45) is 13.6. The van der Waals surface area contributed by atoms with Gasteiger partial charge in [0.25, 0.3) is 0 Å². The van der Waals surface area contributed by atoms with Gasteiger partial charge in [-0.1, -0.05) is 13.3 Å². The summed E-state index contributed by atoms with van der Waals surface area (Å²) in [6.45, 7) is 4.31. The number of hydrogen-bond donors (Lipinski definition) is 1. The minimum Gasteiger partial charge on any atom is -0.382 e. The molecule has 0 amide bonds. The van der Waals surface area contributed by atoms with Crippen LogP contribution in [0.3, 0.4) is 0 Å². The van der Waals surface area contributed by atoms with Crippen molar-refractivity contribution in [1.29, 1.82) is 0 Å². The van der Waals surface area contributed by atoms with E-state index in [1.54, 1.807) is 4.31 Å². The van der Waals surface area contributed by atoms with E-state index in [-0.39, 0.29) is 5.92 Å². The summed E-state index contributed by atoms with van der Waals surface area (Å²) in [7, 11) is -3.17. The number of nitrogen functional groups attached to an aromatic ring is 1. The summed E-state index contributed by atoms with van der Waals surface area (Å²) in [5.41, 5.74) is 12.9. The maximum atomic E-state index is 12.0. The van der Waals surface area contributed by atoms with Crippen LogP contribution in [0.1, 0.15) is 67.5 Å². The van der Waals surface area contributed by atoms with Gasteiger partial charge in [0.1, 0.15) is 11.8 Å². The highest BCUT2D eigenvalue weighted by atomic mass is 32.2. The van der Waals surface area contributed by atoms with Crippen LogP contribution in [0.25, 0.3) is 17.2 Å². The zero-order valence-corrected chi connectivity index (χ0v) is 21.2. The molecule has 0 bridgehead atoms. The first-order valence-electron chi connectivity index (χ1n) is 12.6. The van der Waals surface area contributed by atoms with E-state index in [4.69, 9.17) is 10.8 Å². The molecule has 3 aromatic heterocycles. The van der Waals surface area contributed by atoms with Crippen molar-refractivity contribution >= 4 is 33.0 Å². The monoisotopic (exact) mass is 495 g/mol. The van der Waals surface area contributed by atoms with Gasteiger partial charge < -0.3 is 5.73 Å². The summed E-state index contributed by atoms with van der Waals surface area (Å²) in [5.74, 6) is 1.75. The van der Waals surface area contributed by atoms with E-state index >= 15 is 0 Å². The van der Waals surface area contributed by atoms with Crippen molar-refractivity contribution in [3.05, 3.63) is 41.1 Å². The van der Waals surface area contributed by atoms with Crippen molar-refractivity contribution in [2.45, 2.75) is 57.9 Å². The fourth-order valence-corrected chi connectivity index (χ4v) is 6.82. The number of rotatable bonds is 5. The molecule has 1 unspecified atom stereocenters. The molecule has 9 nitrogen and oxygen atoms in total. The largest absolute Gasteiger partial charge is 0.382 e. The second kappa shape index (κ2) is 8.44. The minimum absolute atomic E-state index is 0.209. The molecule has 2 fully saturated rings. The molecule has 0 radical (unpaired) electrons. The Morgan fingerprint density at radius 2 is 1.94 bits per heavy atom. The lowest BCUT2D eigenvalue weighted by Crippen LogP contribution is -2.37.